The number of carbonyl (C=O) groups excluding carboxylic acids is 1. The highest BCUT2D eigenvalue weighted by molar-refractivity contribution is 5.70. The number of ether oxygens (including phenoxy) is 1. The van der Waals surface area contributed by atoms with E-state index in [1.807, 2.05) is 6.92 Å². The maximum atomic E-state index is 13.3. The van der Waals surface area contributed by atoms with E-state index in [9.17, 15) is 9.18 Å². The number of halogens is 1. The molecular formula is C16H24FNO2. The van der Waals surface area contributed by atoms with Crippen molar-refractivity contribution in [1.82, 2.24) is 4.90 Å². The molecule has 1 unspecified atom stereocenters. The molecule has 1 aromatic carbocycles. The van der Waals surface area contributed by atoms with Gasteiger partial charge in [0.2, 0.25) is 0 Å². The van der Waals surface area contributed by atoms with Crippen molar-refractivity contribution >= 4 is 5.97 Å². The fraction of sp³-hybridized carbons (Fsp3) is 0.562. The van der Waals surface area contributed by atoms with Crippen LogP contribution in [0.25, 0.3) is 0 Å². The Labute approximate surface area is 120 Å². The van der Waals surface area contributed by atoms with Crippen LogP contribution in [0.5, 0.6) is 0 Å². The Morgan fingerprint density at radius 1 is 1.30 bits per heavy atom. The summed E-state index contributed by atoms with van der Waals surface area (Å²) in [5, 5.41) is 0. The summed E-state index contributed by atoms with van der Waals surface area (Å²) < 4.78 is 18.3. The van der Waals surface area contributed by atoms with Gasteiger partial charge in [0, 0.05) is 6.04 Å². The number of carbonyl (C=O) groups is 1. The van der Waals surface area contributed by atoms with Crippen LogP contribution in [0, 0.1) is 12.7 Å². The molecule has 0 saturated carbocycles. The summed E-state index contributed by atoms with van der Waals surface area (Å²) in [6.45, 7) is 9.83. The molecule has 1 atom stereocenters. The number of rotatable bonds is 7. The lowest BCUT2D eigenvalue weighted by Crippen LogP contribution is -2.31. The minimum Gasteiger partial charge on any atom is -0.466 e. The largest absolute Gasteiger partial charge is 0.466 e. The van der Waals surface area contributed by atoms with Gasteiger partial charge in [0.15, 0.2) is 0 Å². The van der Waals surface area contributed by atoms with Gasteiger partial charge < -0.3 is 4.74 Å². The number of hydrogen-bond acceptors (Lipinski definition) is 3. The van der Waals surface area contributed by atoms with Crippen LogP contribution < -0.4 is 0 Å². The zero-order chi connectivity index (χ0) is 15.1. The van der Waals surface area contributed by atoms with Crippen molar-refractivity contribution < 1.29 is 13.9 Å². The summed E-state index contributed by atoms with van der Waals surface area (Å²) in [4.78, 5) is 14.0. The highest BCUT2D eigenvalue weighted by Crippen LogP contribution is 2.27. The maximum absolute atomic E-state index is 13.3. The molecule has 3 nitrogen and oxygen atoms in total. The molecule has 0 aliphatic carbocycles. The van der Waals surface area contributed by atoms with Gasteiger partial charge in [-0.15, -0.1) is 0 Å². The maximum Gasteiger partial charge on any atom is 0.307 e. The monoisotopic (exact) mass is 281 g/mol. The van der Waals surface area contributed by atoms with Crippen molar-refractivity contribution in [2.24, 2.45) is 0 Å². The molecule has 0 heterocycles. The fourth-order valence-electron chi connectivity index (χ4n) is 2.49. The molecule has 20 heavy (non-hydrogen) atoms. The lowest BCUT2D eigenvalue weighted by Gasteiger charge is -2.30. The zero-order valence-electron chi connectivity index (χ0n) is 12.8. The molecule has 0 saturated heterocycles. The number of aryl methyl sites for hydroxylation is 1. The lowest BCUT2D eigenvalue weighted by atomic mass is 9.97. The first kappa shape index (κ1) is 16.6. The van der Waals surface area contributed by atoms with E-state index in [1.54, 1.807) is 13.0 Å². The first-order chi connectivity index (χ1) is 9.53. The Kier molecular flexibility index (Phi) is 6.65. The second-order valence-corrected chi connectivity index (χ2v) is 4.75. The van der Waals surface area contributed by atoms with E-state index in [2.05, 4.69) is 18.7 Å². The minimum atomic E-state index is -0.249. The molecule has 0 fully saturated rings. The van der Waals surface area contributed by atoms with E-state index in [0.29, 0.717) is 13.0 Å². The van der Waals surface area contributed by atoms with Crippen molar-refractivity contribution in [2.45, 2.75) is 40.2 Å². The molecule has 0 radical (unpaired) electrons. The van der Waals surface area contributed by atoms with Crippen LogP contribution in [0.2, 0.25) is 0 Å². The predicted octanol–water partition coefficient (Wildman–Crippen LogP) is 3.47. The number of nitrogens with zero attached hydrogens (tertiary/aromatic N) is 1. The predicted molar refractivity (Wildman–Crippen MR) is 78.0 cm³/mol. The molecule has 0 bridgehead atoms. The van der Waals surface area contributed by atoms with Crippen LogP contribution in [-0.4, -0.2) is 30.6 Å². The standard InChI is InChI=1S/C16H24FNO2/c1-5-18(6-2)15(11-16(19)20-7-3)14-9-8-13(17)10-12(14)4/h8-10,15H,5-7,11H2,1-4H3. The van der Waals surface area contributed by atoms with Gasteiger partial charge in [-0.3, -0.25) is 9.69 Å². The molecule has 0 N–H and O–H groups in total. The molecule has 1 rings (SSSR count). The molecule has 0 amide bonds. The van der Waals surface area contributed by atoms with Gasteiger partial charge in [0.1, 0.15) is 5.82 Å². The normalized spacial score (nSPS) is 12.5. The van der Waals surface area contributed by atoms with Crippen molar-refractivity contribution in [3.63, 3.8) is 0 Å². The van der Waals surface area contributed by atoms with E-state index in [-0.39, 0.29) is 17.8 Å². The van der Waals surface area contributed by atoms with Crippen molar-refractivity contribution in [3.8, 4) is 0 Å². The molecule has 0 spiro atoms. The molecule has 1 aromatic rings. The second kappa shape index (κ2) is 8.00. The highest BCUT2D eigenvalue weighted by atomic mass is 19.1. The lowest BCUT2D eigenvalue weighted by molar-refractivity contribution is -0.144. The van der Waals surface area contributed by atoms with Crippen molar-refractivity contribution in [1.29, 1.82) is 0 Å². The SMILES string of the molecule is CCOC(=O)CC(c1ccc(F)cc1C)N(CC)CC. The number of hydrogen-bond donors (Lipinski definition) is 0. The fourth-order valence-corrected chi connectivity index (χ4v) is 2.49. The van der Waals surface area contributed by atoms with Crippen molar-refractivity contribution in [3.05, 3.63) is 35.1 Å². The van der Waals surface area contributed by atoms with E-state index >= 15 is 0 Å². The van der Waals surface area contributed by atoms with Gasteiger partial charge in [-0.25, -0.2) is 4.39 Å². The third-order valence-corrected chi connectivity index (χ3v) is 3.51. The summed E-state index contributed by atoms with van der Waals surface area (Å²) in [6, 6.07) is 4.66. The Hall–Kier alpha value is -1.42. The summed E-state index contributed by atoms with van der Waals surface area (Å²) in [5.74, 6) is -0.464. The smallest absolute Gasteiger partial charge is 0.307 e. The average molecular weight is 281 g/mol. The van der Waals surface area contributed by atoms with Crippen LogP contribution >= 0.6 is 0 Å². The summed E-state index contributed by atoms with van der Waals surface area (Å²) in [7, 11) is 0. The van der Waals surface area contributed by atoms with Crippen LogP contribution in [-0.2, 0) is 9.53 Å². The average Bonchev–Trinajstić information content (AvgIpc) is 2.39. The topological polar surface area (TPSA) is 29.5 Å². The number of esters is 1. The summed E-state index contributed by atoms with van der Waals surface area (Å²) in [6.07, 6.45) is 0.294. The Morgan fingerprint density at radius 3 is 2.45 bits per heavy atom. The van der Waals surface area contributed by atoms with Crippen LogP contribution in [0.1, 0.15) is 44.4 Å². The second-order valence-electron chi connectivity index (χ2n) is 4.75. The van der Waals surface area contributed by atoms with Crippen LogP contribution in [0.15, 0.2) is 18.2 Å². The first-order valence-corrected chi connectivity index (χ1v) is 7.19. The van der Waals surface area contributed by atoms with Gasteiger partial charge in [-0.2, -0.15) is 0 Å². The highest BCUT2D eigenvalue weighted by Gasteiger charge is 2.23. The van der Waals surface area contributed by atoms with E-state index in [0.717, 1.165) is 24.2 Å². The molecule has 0 aliphatic heterocycles. The van der Waals surface area contributed by atoms with E-state index < -0.39 is 0 Å². The van der Waals surface area contributed by atoms with Gasteiger partial charge in [0.05, 0.1) is 13.0 Å². The molecule has 112 valence electrons. The van der Waals surface area contributed by atoms with E-state index in [1.165, 1.54) is 12.1 Å². The molecule has 4 heteroatoms. The third kappa shape index (κ3) is 4.30. The first-order valence-electron chi connectivity index (χ1n) is 7.19. The minimum absolute atomic E-state index is 0.0651. The van der Waals surface area contributed by atoms with E-state index in [4.69, 9.17) is 4.74 Å². The Balaban J connectivity index is 3.05. The van der Waals surface area contributed by atoms with Gasteiger partial charge >= 0.3 is 5.97 Å². The van der Waals surface area contributed by atoms with Crippen LogP contribution in [0.3, 0.4) is 0 Å². The summed E-state index contributed by atoms with van der Waals surface area (Å²) >= 11 is 0. The Morgan fingerprint density at radius 2 is 1.95 bits per heavy atom. The van der Waals surface area contributed by atoms with Crippen molar-refractivity contribution in [2.75, 3.05) is 19.7 Å². The Bertz CT molecular complexity index is 444. The molecular weight excluding hydrogens is 257 g/mol. The third-order valence-electron chi connectivity index (χ3n) is 3.51. The van der Waals surface area contributed by atoms with Crippen LogP contribution in [0.4, 0.5) is 4.39 Å². The summed E-state index contributed by atoms with van der Waals surface area (Å²) in [5.41, 5.74) is 1.86. The van der Waals surface area contributed by atoms with Gasteiger partial charge in [0.25, 0.3) is 0 Å². The molecule has 0 aromatic heterocycles. The quantitative estimate of drug-likeness (QED) is 0.717. The number of benzene rings is 1. The zero-order valence-corrected chi connectivity index (χ0v) is 12.8. The van der Waals surface area contributed by atoms with Gasteiger partial charge in [-0.05, 0) is 50.2 Å². The van der Waals surface area contributed by atoms with Gasteiger partial charge in [-0.1, -0.05) is 19.9 Å². The molecule has 0 aliphatic rings.